The van der Waals surface area contributed by atoms with Gasteiger partial charge in [-0.3, -0.25) is 9.59 Å². The van der Waals surface area contributed by atoms with Crippen molar-refractivity contribution in [2.24, 2.45) is 5.92 Å². The van der Waals surface area contributed by atoms with Crippen LogP contribution in [0.5, 0.6) is 5.75 Å². The van der Waals surface area contributed by atoms with E-state index in [2.05, 4.69) is 17.6 Å². The number of hydrogen-bond donors (Lipinski definition) is 2. The Hall–Kier alpha value is -3.55. The number of hydrogen-bond acceptors (Lipinski definition) is 5. The second-order valence-electron chi connectivity index (χ2n) is 9.18. The third-order valence-corrected chi connectivity index (χ3v) is 7.04. The monoisotopic (exact) mass is 449 g/mol. The van der Waals surface area contributed by atoms with Gasteiger partial charge in [-0.25, -0.2) is 9.69 Å². The number of urea groups is 1. The highest BCUT2D eigenvalue weighted by molar-refractivity contribution is 6.12. The molecule has 1 aromatic heterocycles. The molecule has 0 radical (unpaired) electrons. The molecule has 2 heterocycles. The molecule has 0 bridgehead atoms. The fourth-order valence-electron chi connectivity index (χ4n) is 4.96. The molecule has 1 saturated carbocycles. The zero-order valence-electron chi connectivity index (χ0n) is 18.9. The van der Waals surface area contributed by atoms with Crippen LogP contribution in [-0.2, 0) is 9.59 Å². The molecule has 5 rings (SSSR count). The van der Waals surface area contributed by atoms with E-state index in [1.807, 2.05) is 30.3 Å². The van der Waals surface area contributed by atoms with Crippen LogP contribution in [0.2, 0.25) is 0 Å². The van der Waals surface area contributed by atoms with Crippen molar-refractivity contribution in [3.05, 3.63) is 36.4 Å². The molecule has 172 valence electrons. The number of nitrogens with one attached hydrogen (secondary N) is 2. The molecule has 2 N–H and O–H groups in total. The van der Waals surface area contributed by atoms with Gasteiger partial charge < -0.3 is 19.8 Å². The molecule has 1 atom stereocenters. The molecule has 8 heteroatoms. The van der Waals surface area contributed by atoms with E-state index < -0.39 is 23.5 Å². The SMILES string of the molecule is COc1cc2c(cc1NC(=O)C(C)N1C(=O)NC3(CCC(C)CC3)C1=O)oc1ccccc12. The highest BCUT2D eigenvalue weighted by atomic mass is 16.5. The van der Waals surface area contributed by atoms with Crippen LogP contribution in [0.4, 0.5) is 10.5 Å². The maximum absolute atomic E-state index is 13.2. The van der Waals surface area contributed by atoms with Gasteiger partial charge >= 0.3 is 6.03 Å². The number of para-hydroxylation sites is 1. The van der Waals surface area contributed by atoms with E-state index in [0.717, 1.165) is 34.1 Å². The number of carbonyl (C=O) groups is 3. The van der Waals surface area contributed by atoms with Crippen LogP contribution in [0.25, 0.3) is 21.9 Å². The lowest BCUT2D eigenvalue weighted by molar-refractivity contribution is -0.137. The third kappa shape index (κ3) is 3.41. The number of imide groups is 1. The minimum absolute atomic E-state index is 0.318. The Bertz CT molecular complexity index is 1270. The first kappa shape index (κ1) is 21.3. The van der Waals surface area contributed by atoms with E-state index in [1.54, 1.807) is 13.0 Å². The Morgan fingerprint density at radius 1 is 1.18 bits per heavy atom. The lowest BCUT2D eigenvalue weighted by atomic mass is 9.77. The van der Waals surface area contributed by atoms with Crippen LogP contribution in [0.3, 0.4) is 0 Å². The number of fused-ring (bicyclic) bond motifs is 3. The molecule has 1 aliphatic heterocycles. The number of benzene rings is 2. The zero-order valence-corrected chi connectivity index (χ0v) is 18.9. The standard InChI is InChI=1S/C25H27N3O5/c1-14-8-10-25(11-9-14)23(30)28(24(31)27-25)15(2)22(29)26-18-13-20-17(12-21(18)32-3)16-6-4-5-7-19(16)33-20/h4-7,12-15H,8-11H2,1-3H3,(H,26,29)(H,27,31). The number of amides is 4. The van der Waals surface area contributed by atoms with Gasteiger partial charge in [0, 0.05) is 16.8 Å². The van der Waals surface area contributed by atoms with Gasteiger partial charge in [0.1, 0.15) is 28.5 Å². The van der Waals surface area contributed by atoms with Gasteiger partial charge in [-0.2, -0.15) is 0 Å². The Balaban J connectivity index is 1.40. The Morgan fingerprint density at radius 3 is 2.64 bits per heavy atom. The predicted molar refractivity (Wildman–Crippen MR) is 124 cm³/mol. The van der Waals surface area contributed by atoms with Gasteiger partial charge in [0.2, 0.25) is 5.91 Å². The lowest BCUT2D eigenvalue weighted by Gasteiger charge is -2.34. The molecule has 2 aromatic carbocycles. The normalized spacial score (nSPS) is 23.8. The van der Waals surface area contributed by atoms with Crippen LogP contribution in [-0.4, -0.2) is 41.4 Å². The number of anilines is 1. The maximum atomic E-state index is 13.2. The van der Waals surface area contributed by atoms with Crippen LogP contribution < -0.4 is 15.4 Å². The van der Waals surface area contributed by atoms with Crippen molar-refractivity contribution in [3.8, 4) is 5.75 Å². The van der Waals surface area contributed by atoms with Crippen LogP contribution in [0.15, 0.2) is 40.8 Å². The summed E-state index contributed by atoms with van der Waals surface area (Å²) in [6, 6.07) is 9.68. The molecule has 4 amide bonds. The fraction of sp³-hybridized carbons (Fsp3) is 0.400. The molecular weight excluding hydrogens is 422 g/mol. The minimum atomic E-state index is -0.979. The summed E-state index contributed by atoms with van der Waals surface area (Å²) in [4.78, 5) is 40.1. The first-order valence-electron chi connectivity index (χ1n) is 11.3. The minimum Gasteiger partial charge on any atom is -0.495 e. The first-order chi connectivity index (χ1) is 15.8. The van der Waals surface area contributed by atoms with E-state index in [1.165, 1.54) is 7.11 Å². The van der Waals surface area contributed by atoms with Crippen molar-refractivity contribution in [1.82, 2.24) is 10.2 Å². The van der Waals surface area contributed by atoms with Gasteiger partial charge in [-0.05, 0) is 50.7 Å². The van der Waals surface area contributed by atoms with Crippen molar-refractivity contribution >= 4 is 45.5 Å². The van der Waals surface area contributed by atoms with E-state index in [4.69, 9.17) is 9.15 Å². The summed E-state index contributed by atoms with van der Waals surface area (Å²) in [5.74, 6) is 0.190. The van der Waals surface area contributed by atoms with Gasteiger partial charge in [-0.15, -0.1) is 0 Å². The number of furan rings is 1. The van der Waals surface area contributed by atoms with E-state index in [-0.39, 0.29) is 5.91 Å². The van der Waals surface area contributed by atoms with E-state index >= 15 is 0 Å². The van der Waals surface area contributed by atoms with Crippen molar-refractivity contribution in [2.45, 2.75) is 51.1 Å². The molecule has 8 nitrogen and oxygen atoms in total. The molecule has 1 unspecified atom stereocenters. The van der Waals surface area contributed by atoms with Crippen LogP contribution in [0, 0.1) is 5.92 Å². The summed E-state index contributed by atoms with van der Waals surface area (Å²) in [6.45, 7) is 3.71. The molecule has 3 aromatic rings. The molecular formula is C25H27N3O5. The Labute approximate surface area is 191 Å². The van der Waals surface area contributed by atoms with Gasteiger partial charge in [0.15, 0.2) is 0 Å². The van der Waals surface area contributed by atoms with Gasteiger partial charge in [-0.1, -0.05) is 25.1 Å². The van der Waals surface area contributed by atoms with Crippen molar-refractivity contribution in [3.63, 3.8) is 0 Å². The topological polar surface area (TPSA) is 101 Å². The summed E-state index contributed by atoms with van der Waals surface area (Å²) >= 11 is 0. The molecule has 1 spiro atoms. The third-order valence-electron chi connectivity index (χ3n) is 7.04. The van der Waals surface area contributed by atoms with Crippen molar-refractivity contribution in [1.29, 1.82) is 0 Å². The molecule has 2 fully saturated rings. The summed E-state index contributed by atoms with van der Waals surface area (Å²) in [6.07, 6.45) is 2.94. The highest BCUT2D eigenvalue weighted by Gasteiger charge is 2.54. The Kier molecular flexibility index (Phi) is 5.03. The number of methoxy groups -OCH3 is 1. The fourth-order valence-corrected chi connectivity index (χ4v) is 4.96. The molecule has 1 aliphatic carbocycles. The van der Waals surface area contributed by atoms with Crippen molar-refractivity contribution in [2.75, 3.05) is 12.4 Å². The van der Waals surface area contributed by atoms with Crippen LogP contribution in [0.1, 0.15) is 39.5 Å². The predicted octanol–water partition coefficient (Wildman–Crippen LogP) is 4.42. The van der Waals surface area contributed by atoms with Gasteiger partial charge in [0.05, 0.1) is 12.8 Å². The van der Waals surface area contributed by atoms with Crippen molar-refractivity contribution < 1.29 is 23.5 Å². The first-order valence-corrected chi connectivity index (χ1v) is 11.3. The quantitative estimate of drug-likeness (QED) is 0.574. The summed E-state index contributed by atoms with van der Waals surface area (Å²) in [5, 5.41) is 7.50. The molecule has 33 heavy (non-hydrogen) atoms. The summed E-state index contributed by atoms with van der Waals surface area (Å²) in [5.41, 5.74) is 0.862. The second kappa shape index (κ2) is 7.79. The van der Waals surface area contributed by atoms with Crippen LogP contribution >= 0.6 is 0 Å². The lowest BCUT2D eigenvalue weighted by Crippen LogP contribution is -2.51. The second-order valence-corrected chi connectivity index (χ2v) is 9.18. The number of nitrogens with zero attached hydrogens (tertiary/aromatic N) is 1. The zero-order chi connectivity index (χ0) is 23.3. The maximum Gasteiger partial charge on any atom is 0.325 e. The Morgan fingerprint density at radius 2 is 1.91 bits per heavy atom. The average Bonchev–Trinajstić information content (AvgIpc) is 3.28. The number of rotatable bonds is 4. The van der Waals surface area contributed by atoms with Gasteiger partial charge in [0.25, 0.3) is 5.91 Å². The largest absolute Gasteiger partial charge is 0.495 e. The van der Waals surface area contributed by atoms with E-state index in [0.29, 0.717) is 35.8 Å². The number of ether oxygens (including phenoxy) is 1. The molecule has 1 saturated heterocycles. The molecule has 2 aliphatic rings. The average molecular weight is 450 g/mol. The van der Waals surface area contributed by atoms with E-state index in [9.17, 15) is 14.4 Å². The smallest absolute Gasteiger partial charge is 0.325 e. The highest BCUT2D eigenvalue weighted by Crippen LogP contribution is 2.38. The number of carbonyl (C=O) groups excluding carboxylic acids is 3. The summed E-state index contributed by atoms with van der Waals surface area (Å²) in [7, 11) is 1.52. The summed E-state index contributed by atoms with van der Waals surface area (Å²) < 4.78 is 11.4.